The second-order valence-electron chi connectivity index (χ2n) is 30.7. The Morgan fingerprint density at radius 3 is 1.61 bits per heavy atom. The van der Waals surface area contributed by atoms with Gasteiger partial charge in [-0.25, -0.2) is 0 Å². The van der Waals surface area contributed by atoms with Gasteiger partial charge in [0.15, 0.2) is 17.4 Å². The third-order valence-corrected chi connectivity index (χ3v) is 20.1. The van der Waals surface area contributed by atoms with E-state index in [2.05, 4.69) is 36.3 Å². The van der Waals surface area contributed by atoms with Gasteiger partial charge in [-0.2, -0.15) is 4.80 Å². The molecule has 14 atom stereocenters. The van der Waals surface area contributed by atoms with Crippen molar-refractivity contribution < 1.29 is 67.3 Å². The monoisotopic (exact) mass is 1430 g/mol. The lowest BCUT2D eigenvalue weighted by Crippen LogP contribution is -2.63. The first-order chi connectivity index (χ1) is 47.2. The zero-order chi connectivity index (χ0) is 76.6. The Hall–Kier alpha value is -6.52. The van der Waals surface area contributed by atoms with E-state index < -0.39 is 161 Å². The van der Waals surface area contributed by atoms with Gasteiger partial charge in [-0.3, -0.25) is 57.6 Å². The Balaban J connectivity index is 2.28. The van der Waals surface area contributed by atoms with Gasteiger partial charge in [-0.1, -0.05) is 103 Å². The molecule has 9 amide bonds. The van der Waals surface area contributed by atoms with E-state index >= 15 is 33.6 Å². The number of aromatic nitrogens is 4. The van der Waals surface area contributed by atoms with E-state index in [0.717, 1.165) is 31.0 Å². The molecular weight excluding hydrogens is 1300 g/mol. The third-order valence-electron chi connectivity index (χ3n) is 20.1. The van der Waals surface area contributed by atoms with Crippen LogP contribution in [0.5, 0.6) is 0 Å². The van der Waals surface area contributed by atoms with Gasteiger partial charge in [0.2, 0.25) is 53.2 Å². The molecule has 28 heteroatoms. The average molecular weight is 1430 g/mol. The van der Waals surface area contributed by atoms with E-state index in [1.54, 1.807) is 62.3 Å². The lowest BCUT2D eigenvalue weighted by Gasteiger charge is -2.40. The quantitative estimate of drug-likeness (QED) is 0.103. The minimum Gasteiger partial charge on any atom is -0.390 e. The molecule has 0 bridgehead atoms. The number of nitrogens with one attached hydrogen (secondary N) is 3. The first-order valence-corrected chi connectivity index (χ1v) is 37.1. The minimum atomic E-state index is -1.70. The Morgan fingerprint density at radius 1 is 0.545 bits per heavy atom. The average Bonchev–Trinajstić information content (AvgIpc) is 1.19. The first kappa shape index (κ1) is 88.7. The molecule has 1 aromatic rings. The Morgan fingerprint density at radius 2 is 1.08 bits per heavy atom. The number of amides is 9. The van der Waals surface area contributed by atoms with Crippen LogP contribution in [0.2, 0.25) is 0 Å². The topological polar surface area (TPSA) is 329 Å². The number of carbonyl (C=O) groups is 11. The summed E-state index contributed by atoms with van der Waals surface area (Å²) < 4.78 is 11.9. The molecule has 0 aromatic carbocycles. The largest absolute Gasteiger partial charge is 0.390 e. The molecule has 0 saturated carbocycles. The van der Waals surface area contributed by atoms with Crippen molar-refractivity contribution in [2.75, 3.05) is 81.7 Å². The molecule has 2 fully saturated rings. The molecule has 28 nitrogen and oxygen atoms in total. The fourth-order valence-electron chi connectivity index (χ4n) is 13.6. The van der Waals surface area contributed by atoms with Gasteiger partial charge in [-0.15, -0.1) is 10.2 Å². The lowest BCUT2D eigenvalue weighted by atomic mass is 9.85. The van der Waals surface area contributed by atoms with Gasteiger partial charge in [0.25, 0.3) is 0 Å². The number of ketones is 2. The molecule has 0 unspecified atom stereocenters. The maximum atomic E-state index is 15.3. The maximum Gasteiger partial charge on any atom is 0.245 e. The smallest absolute Gasteiger partial charge is 0.245 e. The first-order valence-electron chi connectivity index (χ1n) is 37.1. The molecule has 0 spiro atoms. The summed E-state index contributed by atoms with van der Waals surface area (Å²) in [6.07, 6.45) is 1.15. The van der Waals surface area contributed by atoms with Crippen LogP contribution in [0.4, 0.5) is 0 Å². The highest BCUT2D eigenvalue weighted by molar-refractivity contribution is 6.00. The van der Waals surface area contributed by atoms with Crippen molar-refractivity contribution in [3.8, 4) is 0 Å². The second-order valence-corrected chi connectivity index (χ2v) is 30.7. The summed E-state index contributed by atoms with van der Waals surface area (Å²) in [6.45, 7) is 34.2. The fraction of sp³-hybridized carbons (Fsp3) is 0.836. The molecule has 2 aliphatic heterocycles. The Labute approximate surface area is 602 Å². The van der Waals surface area contributed by atoms with Crippen LogP contribution < -0.4 is 16.0 Å². The van der Waals surface area contributed by atoms with Crippen LogP contribution in [0.25, 0.3) is 0 Å². The Bertz CT molecular complexity index is 2860. The number of tetrazole rings is 1. The second kappa shape index (κ2) is 42.3. The van der Waals surface area contributed by atoms with Crippen LogP contribution in [0, 0.1) is 54.3 Å². The predicted molar refractivity (Wildman–Crippen MR) is 385 cm³/mol. The molecule has 0 radical (unpaired) electrons. The molecular formula is C73H130N14O14. The highest BCUT2D eigenvalue weighted by Crippen LogP contribution is 2.28. The summed E-state index contributed by atoms with van der Waals surface area (Å²) in [7, 11) is 8.71. The van der Waals surface area contributed by atoms with E-state index in [9.17, 15) is 24.3 Å². The summed E-state index contributed by atoms with van der Waals surface area (Å²) in [6, 6.07) is -11.4. The molecule has 3 rings (SSSR count). The Kier molecular flexibility index (Phi) is 37.1. The molecule has 0 aliphatic carbocycles. The zero-order valence-electron chi connectivity index (χ0n) is 65.6. The number of aliphatic hydroxyl groups is 1. The van der Waals surface area contributed by atoms with Crippen LogP contribution in [0.15, 0.2) is 0 Å². The number of likely N-dealkylation sites (N-methyl/N-ethyl adjacent to an activating group) is 6. The van der Waals surface area contributed by atoms with Crippen molar-refractivity contribution >= 4 is 64.7 Å². The number of morpholine rings is 1. The molecule has 101 heavy (non-hydrogen) atoms. The van der Waals surface area contributed by atoms with Crippen LogP contribution >= 0.6 is 0 Å². The maximum absolute atomic E-state index is 15.3. The van der Waals surface area contributed by atoms with E-state index in [1.807, 2.05) is 41.5 Å². The van der Waals surface area contributed by atoms with E-state index in [-0.39, 0.29) is 62.9 Å². The van der Waals surface area contributed by atoms with Crippen LogP contribution in [0.1, 0.15) is 194 Å². The number of nitrogens with zero attached hydrogens (tertiary/aromatic N) is 11. The SMILES string of the molecule is CC[C@@H]1NC(=O)[C@H]([C@H](O)[C@H](C)CCCCCn2nnc(C)n2)NC(=O)[C@H](C(C)C)N(C)C(=O)[C@H](CC(C)C)N(C)C(=O)[C@H](CC(C)C)N(C)C(=O)[C@@H](C)NC(=O)[C@H](C)CC(=O)[C@H](CC(C)C)N(C)C(=O)[C@H](C(C)C)CC(=O)[C@H]([C@@H](C)OCCCCN2CCOCC2)N(C)C(=O)[C@@H](C)N(C)C1=O. The van der Waals surface area contributed by atoms with Crippen molar-refractivity contribution in [3.63, 3.8) is 0 Å². The number of Topliss-reactive ketones (excluding diaryl/α,β-unsaturated/α-hetero) is 2. The summed E-state index contributed by atoms with van der Waals surface area (Å²) in [4.78, 5) is 175. The van der Waals surface area contributed by atoms with Crippen LogP contribution in [-0.4, -0.2) is 273 Å². The van der Waals surface area contributed by atoms with Gasteiger partial charge in [0.05, 0.1) is 38.0 Å². The molecule has 2 aliphatic rings. The van der Waals surface area contributed by atoms with Crippen molar-refractivity contribution in [1.29, 1.82) is 0 Å². The zero-order valence-corrected chi connectivity index (χ0v) is 65.6. The van der Waals surface area contributed by atoms with E-state index in [1.165, 1.54) is 85.4 Å². The highest BCUT2D eigenvalue weighted by atomic mass is 16.5. The number of aryl methyl sites for hydroxylation is 2. The standard InChI is InChI=1S/C73H130N14O14/c1-24-55-71(97)80(18)51(15)69(95)85(23)63(52(16)101-35-29-28-31-86-33-36-100-37-34-86)60(89)42-54(46(8)9)70(96)81(19)56(38-43(2)3)59(88)41-49(13)65(91)74-50(14)68(94)82(20)57(39-44(4)5)72(98)83(21)58(40-45(6)7)73(99)84(22)62(47(10)11)67(93)76-61(66(92)75-55)64(90)48(12)30-26-25-27-32-87-78-53(17)77-79-87/h43-52,54-58,61-64,90H,24-42H2,1-23H3,(H,74,91)(H,75,92)(H,76,93)/t48-,49-,50-,51-,52-,54+,55+,56+,57+,58+,61+,62+,63+,64-/m1/s1. The molecule has 1 aromatic heterocycles. The number of hydrogen-bond donors (Lipinski definition) is 4. The molecule has 4 N–H and O–H groups in total. The number of rotatable bonds is 24. The third kappa shape index (κ3) is 26.3. The number of hydrogen-bond acceptors (Lipinski definition) is 18. The molecule has 2 saturated heterocycles. The summed E-state index contributed by atoms with van der Waals surface area (Å²) in [5, 5.41) is 32.9. The van der Waals surface area contributed by atoms with Crippen molar-refractivity contribution in [3.05, 3.63) is 5.82 Å². The number of ether oxygens (including phenoxy) is 2. The summed E-state index contributed by atoms with van der Waals surface area (Å²) >= 11 is 0. The van der Waals surface area contributed by atoms with Gasteiger partial charge in [0.1, 0.15) is 48.3 Å². The summed E-state index contributed by atoms with van der Waals surface area (Å²) in [5.41, 5.74) is 0. The van der Waals surface area contributed by atoms with Gasteiger partial charge >= 0.3 is 0 Å². The lowest BCUT2D eigenvalue weighted by molar-refractivity contribution is -0.154. The van der Waals surface area contributed by atoms with Crippen LogP contribution in [0.3, 0.4) is 0 Å². The van der Waals surface area contributed by atoms with Crippen molar-refractivity contribution in [2.45, 2.75) is 268 Å². The number of unbranched alkanes of at least 4 members (excludes halogenated alkanes) is 3. The summed E-state index contributed by atoms with van der Waals surface area (Å²) in [5.74, 6) is -10.6. The highest BCUT2D eigenvalue weighted by Gasteiger charge is 2.45. The van der Waals surface area contributed by atoms with Gasteiger partial charge < -0.3 is 59.9 Å². The molecule has 576 valence electrons. The van der Waals surface area contributed by atoms with E-state index in [0.29, 0.717) is 57.7 Å². The predicted octanol–water partition coefficient (Wildman–Crippen LogP) is 4.56. The number of carbonyl (C=O) groups excluding carboxylic acids is 11. The minimum absolute atomic E-state index is 0.0112. The van der Waals surface area contributed by atoms with Crippen molar-refractivity contribution in [2.24, 2.45) is 47.3 Å². The van der Waals surface area contributed by atoms with Gasteiger partial charge in [-0.05, 0) is 126 Å². The normalized spacial score (nSPS) is 26.6. The van der Waals surface area contributed by atoms with E-state index in [4.69, 9.17) is 9.47 Å². The number of aliphatic hydroxyl groups excluding tert-OH is 1. The van der Waals surface area contributed by atoms with Crippen molar-refractivity contribution in [1.82, 2.24) is 70.5 Å². The fourth-order valence-corrected chi connectivity index (χ4v) is 13.6. The van der Waals surface area contributed by atoms with Crippen LogP contribution in [-0.2, 0) is 68.8 Å². The van der Waals surface area contributed by atoms with Gasteiger partial charge in [0, 0.05) is 86.7 Å². The molecule has 3 heterocycles.